The van der Waals surface area contributed by atoms with E-state index < -0.39 is 17.6 Å². The van der Waals surface area contributed by atoms with Gasteiger partial charge in [-0.3, -0.25) is 4.79 Å². The van der Waals surface area contributed by atoms with Gasteiger partial charge in [0, 0.05) is 11.9 Å². The summed E-state index contributed by atoms with van der Waals surface area (Å²) in [4.78, 5) is 22.7. The van der Waals surface area contributed by atoms with Crippen molar-refractivity contribution in [3.8, 4) is 0 Å². The van der Waals surface area contributed by atoms with Crippen molar-refractivity contribution in [3.05, 3.63) is 59.9 Å². The van der Waals surface area contributed by atoms with E-state index in [2.05, 4.69) is 15.3 Å². The van der Waals surface area contributed by atoms with Crippen molar-refractivity contribution in [2.75, 3.05) is 23.3 Å². The topological polar surface area (TPSA) is 58.1 Å². The fourth-order valence-electron chi connectivity index (χ4n) is 2.95. The molecule has 1 N–H and O–H groups in total. The number of carbonyl (C=O) groups is 1. The third kappa shape index (κ3) is 4.21. The number of rotatable bonds is 5. The molecular formula is C20H19F3N4O. The van der Waals surface area contributed by atoms with Gasteiger partial charge in [0.05, 0.1) is 23.3 Å². The van der Waals surface area contributed by atoms with Crippen molar-refractivity contribution in [2.24, 2.45) is 0 Å². The predicted molar refractivity (Wildman–Crippen MR) is 102 cm³/mol. The monoisotopic (exact) mass is 388 g/mol. The average Bonchev–Trinajstić information content (AvgIpc) is 2.65. The second-order valence-corrected chi connectivity index (χ2v) is 6.32. The molecule has 0 aliphatic heterocycles. The van der Waals surface area contributed by atoms with Gasteiger partial charge in [-0.1, -0.05) is 23.8 Å². The summed E-state index contributed by atoms with van der Waals surface area (Å²) in [6, 6.07) is 10.6. The molecule has 0 unspecified atom stereocenters. The summed E-state index contributed by atoms with van der Waals surface area (Å²) in [5, 5.41) is 3.15. The van der Waals surface area contributed by atoms with Gasteiger partial charge in [-0.15, -0.1) is 0 Å². The number of carbonyl (C=O) groups excluding carboxylic acids is 1. The number of para-hydroxylation sites is 1. The number of nitrogens with one attached hydrogen (secondary N) is 1. The Morgan fingerprint density at radius 3 is 2.61 bits per heavy atom. The van der Waals surface area contributed by atoms with Crippen LogP contribution >= 0.6 is 0 Å². The molecule has 5 nitrogen and oxygen atoms in total. The summed E-state index contributed by atoms with van der Waals surface area (Å²) >= 11 is 0. The molecule has 0 aliphatic carbocycles. The molecule has 146 valence electrons. The van der Waals surface area contributed by atoms with Crippen LogP contribution < -0.4 is 10.2 Å². The van der Waals surface area contributed by atoms with Gasteiger partial charge in [0.2, 0.25) is 5.91 Å². The van der Waals surface area contributed by atoms with Gasteiger partial charge in [-0.05, 0) is 38.1 Å². The average molecular weight is 388 g/mol. The van der Waals surface area contributed by atoms with Crippen molar-refractivity contribution < 1.29 is 18.0 Å². The smallest absolute Gasteiger partial charge is 0.347 e. The van der Waals surface area contributed by atoms with Gasteiger partial charge < -0.3 is 10.2 Å². The molecule has 3 rings (SSSR count). The molecule has 1 amide bonds. The van der Waals surface area contributed by atoms with E-state index in [0.717, 1.165) is 22.5 Å². The van der Waals surface area contributed by atoms with Crippen LogP contribution in [-0.4, -0.2) is 29.0 Å². The summed E-state index contributed by atoms with van der Waals surface area (Å²) in [5.74, 6) is 0.00780. The predicted octanol–water partition coefficient (Wildman–Crippen LogP) is 4.42. The van der Waals surface area contributed by atoms with Crippen LogP contribution in [0.4, 0.5) is 24.7 Å². The van der Waals surface area contributed by atoms with Gasteiger partial charge in [0.1, 0.15) is 12.1 Å². The molecule has 8 heteroatoms. The number of nitrogens with zero attached hydrogens (tertiary/aromatic N) is 3. The maximum Gasteiger partial charge on any atom is 0.418 e. The van der Waals surface area contributed by atoms with Crippen molar-refractivity contribution in [2.45, 2.75) is 20.0 Å². The summed E-state index contributed by atoms with van der Waals surface area (Å²) in [7, 11) is 0. The highest BCUT2D eigenvalue weighted by Gasteiger charge is 2.33. The number of hydrogen-bond acceptors (Lipinski definition) is 4. The number of aryl methyl sites for hydroxylation is 1. The minimum Gasteiger partial charge on any atom is -0.347 e. The minimum atomic E-state index is -4.55. The molecule has 0 fully saturated rings. The van der Waals surface area contributed by atoms with E-state index >= 15 is 0 Å². The minimum absolute atomic E-state index is 0.136. The van der Waals surface area contributed by atoms with Crippen LogP contribution in [0.25, 0.3) is 10.9 Å². The Hall–Kier alpha value is -3.16. The van der Waals surface area contributed by atoms with Crippen molar-refractivity contribution in [1.82, 2.24) is 9.97 Å². The molecule has 3 aromatic rings. The Labute approximate surface area is 160 Å². The van der Waals surface area contributed by atoms with Crippen LogP contribution in [-0.2, 0) is 11.0 Å². The second kappa shape index (κ2) is 7.84. The fourth-order valence-corrected chi connectivity index (χ4v) is 2.95. The lowest BCUT2D eigenvalue weighted by Gasteiger charge is -2.23. The first kappa shape index (κ1) is 19.6. The number of alkyl halides is 3. The van der Waals surface area contributed by atoms with Crippen LogP contribution in [0, 0.1) is 6.92 Å². The maximum absolute atomic E-state index is 13.1. The number of likely N-dealkylation sites (N-methyl/N-ethyl adjacent to an activating group) is 1. The lowest BCUT2D eigenvalue weighted by molar-refractivity contribution is -0.137. The fraction of sp³-hybridized carbons (Fsp3) is 0.250. The van der Waals surface area contributed by atoms with Crippen LogP contribution in [0.3, 0.4) is 0 Å². The van der Waals surface area contributed by atoms with Crippen molar-refractivity contribution in [1.29, 1.82) is 0 Å². The number of benzene rings is 2. The quantitative estimate of drug-likeness (QED) is 0.703. The van der Waals surface area contributed by atoms with Crippen LogP contribution in [0.5, 0.6) is 0 Å². The molecule has 1 heterocycles. The Morgan fingerprint density at radius 1 is 1.14 bits per heavy atom. The SMILES string of the molecule is CCN(CC(=O)Nc1ccccc1C(F)(F)F)c1ncnc2ccc(C)cc12. The van der Waals surface area contributed by atoms with Crippen LogP contribution in [0.1, 0.15) is 18.1 Å². The molecule has 0 saturated heterocycles. The highest BCUT2D eigenvalue weighted by molar-refractivity contribution is 5.97. The highest BCUT2D eigenvalue weighted by Crippen LogP contribution is 2.34. The van der Waals surface area contributed by atoms with E-state index in [0.29, 0.717) is 12.4 Å². The molecular weight excluding hydrogens is 369 g/mol. The normalized spacial score (nSPS) is 11.5. The number of amides is 1. The first-order chi connectivity index (χ1) is 13.3. The first-order valence-corrected chi connectivity index (χ1v) is 8.72. The van der Waals surface area contributed by atoms with Crippen molar-refractivity contribution >= 4 is 28.3 Å². The zero-order valence-electron chi connectivity index (χ0n) is 15.4. The summed E-state index contributed by atoms with van der Waals surface area (Å²) < 4.78 is 39.4. The third-order valence-electron chi connectivity index (χ3n) is 4.29. The van der Waals surface area contributed by atoms with Crippen LogP contribution in [0.15, 0.2) is 48.8 Å². The number of halogens is 3. The molecule has 0 bridgehead atoms. The maximum atomic E-state index is 13.1. The molecule has 0 saturated carbocycles. The third-order valence-corrected chi connectivity index (χ3v) is 4.29. The summed E-state index contributed by atoms with van der Waals surface area (Å²) in [6.45, 7) is 4.10. The van der Waals surface area contributed by atoms with Crippen LogP contribution in [0.2, 0.25) is 0 Å². The van der Waals surface area contributed by atoms with E-state index in [-0.39, 0.29) is 12.2 Å². The van der Waals surface area contributed by atoms with Crippen molar-refractivity contribution in [3.63, 3.8) is 0 Å². The zero-order chi connectivity index (χ0) is 20.3. The molecule has 2 aromatic carbocycles. The molecule has 0 aliphatic rings. The lowest BCUT2D eigenvalue weighted by Crippen LogP contribution is -2.34. The van der Waals surface area contributed by atoms with Gasteiger partial charge in [-0.25, -0.2) is 9.97 Å². The van der Waals surface area contributed by atoms with E-state index in [4.69, 9.17) is 0 Å². The van der Waals surface area contributed by atoms with Gasteiger partial charge in [0.15, 0.2) is 0 Å². The van der Waals surface area contributed by atoms with E-state index in [9.17, 15) is 18.0 Å². The molecule has 28 heavy (non-hydrogen) atoms. The second-order valence-electron chi connectivity index (χ2n) is 6.32. The number of anilines is 2. The molecule has 0 radical (unpaired) electrons. The number of fused-ring (bicyclic) bond motifs is 1. The standard InChI is InChI=1S/C20H19F3N4O/c1-3-27(19-14-10-13(2)8-9-16(14)24-12-25-19)11-18(28)26-17-7-5-4-6-15(17)20(21,22)23/h4-10,12H,3,11H2,1-2H3,(H,26,28). The van der Waals surface area contributed by atoms with E-state index in [1.807, 2.05) is 32.0 Å². The Kier molecular flexibility index (Phi) is 5.48. The molecule has 0 atom stereocenters. The Morgan fingerprint density at radius 2 is 1.89 bits per heavy atom. The first-order valence-electron chi connectivity index (χ1n) is 8.72. The number of hydrogen-bond donors (Lipinski definition) is 1. The van der Waals surface area contributed by atoms with Gasteiger partial charge in [-0.2, -0.15) is 13.2 Å². The van der Waals surface area contributed by atoms with E-state index in [1.165, 1.54) is 24.5 Å². The highest BCUT2D eigenvalue weighted by atomic mass is 19.4. The molecule has 1 aromatic heterocycles. The zero-order valence-corrected chi connectivity index (χ0v) is 15.4. The number of aromatic nitrogens is 2. The largest absolute Gasteiger partial charge is 0.418 e. The molecule has 0 spiro atoms. The Balaban J connectivity index is 1.85. The van der Waals surface area contributed by atoms with Gasteiger partial charge in [0.25, 0.3) is 0 Å². The Bertz CT molecular complexity index is 1000. The summed E-state index contributed by atoms with van der Waals surface area (Å²) in [6.07, 6.45) is -3.14. The lowest BCUT2D eigenvalue weighted by atomic mass is 10.1. The van der Waals surface area contributed by atoms with Gasteiger partial charge >= 0.3 is 6.18 Å². The van der Waals surface area contributed by atoms with E-state index in [1.54, 1.807) is 4.90 Å². The summed E-state index contributed by atoms with van der Waals surface area (Å²) in [5.41, 5.74) is 0.606.